The minimum atomic E-state index is 0.845. The normalized spacial score (nSPS) is 23.2. The molecule has 3 nitrogen and oxygen atoms in total. The molecule has 1 unspecified atom stereocenters. The number of rotatable bonds is 4. The molecule has 1 atom stereocenters. The smallest absolute Gasteiger partial charge is 0.0603 e. The van der Waals surface area contributed by atoms with Crippen molar-refractivity contribution in [3.05, 3.63) is 29.8 Å². The van der Waals surface area contributed by atoms with Crippen LogP contribution in [0, 0.1) is 5.92 Å². The Bertz CT molecular complexity index is 449. The van der Waals surface area contributed by atoms with Gasteiger partial charge in [0.2, 0.25) is 0 Å². The molecule has 0 N–H and O–H groups in total. The highest BCUT2D eigenvalue weighted by Gasteiger charge is 2.18. The lowest BCUT2D eigenvalue weighted by Gasteiger charge is -2.32. The fourth-order valence-electron chi connectivity index (χ4n) is 3.17. The van der Waals surface area contributed by atoms with Crippen LogP contribution in [0.15, 0.2) is 29.2 Å². The Balaban J connectivity index is 0.000000924. The van der Waals surface area contributed by atoms with Crippen molar-refractivity contribution in [1.82, 2.24) is 9.21 Å². The standard InChI is InChI=1S/C17H26N2OS.C2H6/c1-15-5-4-8-18(13-15)14-16-6-2-3-7-17(16)21-19-9-11-20-12-10-19;1-2/h2-3,6-7,15H,4-5,8-14H2,1H3;1-2H3. The molecule has 2 aliphatic heterocycles. The summed E-state index contributed by atoms with van der Waals surface area (Å²) in [6.45, 7) is 13.7. The van der Waals surface area contributed by atoms with Gasteiger partial charge in [-0.05, 0) is 48.9 Å². The van der Waals surface area contributed by atoms with Crippen LogP contribution in [-0.4, -0.2) is 48.6 Å². The van der Waals surface area contributed by atoms with E-state index in [1.807, 2.05) is 25.8 Å². The number of ether oxygens (including phenoxy) is 1. The van der Waals surface area contributed by atoms with Gasteiger partial charge in [-0.3, -0.25) is 4.90 Å². The quantitative estimate of drug-likeness (QED) is 0.762. The number of morpholine rings is 1. The maximum absolute atomic E-state index is 5.44. The molecule has 0 bridgehead atoms. The van der Waals surface area contributed by atoms with E-state index in [-0.39, 0.29) is 0 Å². The van der Waals surface area contributed by atoms with Crippen molar-refractivity contribution < 1.29 is 4.74 Å². The van der Waals surface area contributed by atoms with E-state index in [9.17, 15) is 0 Å². The molecule has 0 spiro atoms. The molecule has 2 saturated heterocycles. The summed E-state index contributed by atoms with van der Waals surface area (Å²) in [6.07, 6.45) is 2.74. The second-order valence-electron chi connectivity index (χ2n) is 6.22. The van der Waals surface area contributed by atoms with E-state index < -0.39 is 0 Å². The van der Waals surface area contributed by atoms with Crippen molar-refractivity contribution in [2.24, 2.45) is 5.92 Å². The Morgan fingerprint density at radius 2 is 1.87 bits per heavy atom. The van der Waals surface area contributed by atoms with Crippen molar-refractivity contribution in [2.45, 2.75) is 45.1 Å². The van der Waals surface area contributed by atoms with Crippen LogP contribution in [0.4, 0.5) is 0 Å². The summed E-state index contributed by atoms with van der Waals surface area (Å²) in [6, 6.07) is 8.89. The van der Waals surface area contributed by atoms with Crippen LogP contribution < -0.4 is 0 Å². The molecule has 3 rings (SSSR count). The number of nitrogens with zero attached hydrogens (tertiary/aromatic N) is 2. The van der Waals surface area contributed by atoms with Gasteiger partial charge in [-0.1, -0.05) is 39.0 Å². The first-order valence-electron chi connectivity index (χ1n) is 9.12. The van der Waals surface area contributed by atoms with E-state index in [0.717, 1.165) is 38.8 Å². The summed E-state index contributed by atoms with van der Waals surface area (Å²) in [5, 5.41) is 0. The summed E-state index contributed by atoms with van der Waals surface area (Å²) in [4.78, 5) is 4.03. The molecule has 1 aromatic carbocycles. The molecule has 2 aliphatic rings. The van der Waals surface area contributed by atoms with Gasteiger partial charge in [0.1, 0.15) is 0 Å². The molecular formula is C19H32N2OS. The number of hydrogen-bond donors (Lipinski definition) is 0. The zero-order valence-electron chi connectivity index (χ0n) is 15.0. The number of benzene rings is 1. The van der Waals surface area contributed by atoms with Gasteiger partial charge in [0.05, 0.1) is 13.2 Å². The predicted octanol–water partition coefficient (Wildman–Crippen LogP) is 4.28. The minimum absolute atomic E-state index is 0.845. The molecule has 0 radical (unpaired) electrons. The number of hydrogen-bond acceptors (Lipinski definition) is 4. The van der Waals surface area contributed by atoms with Crippen molar-refractivity contribution in [2.75, 3.05) is 39.4 Å². The SMILES string of the molecule is CC.CC1CCCN(Cc2ccccc2SN2CCOCC2)C1. The van der Waals surface area contributed by atoms with Gasteiger partial charge in [-0.25, -0.2) is 4.31 Å². The third kappa shape index (κ3) is 6.11. The van der Waals surface area contributed by atoms with Crippen molar-refractivity contribution in [1.29, 1.82) is 0 Å². The molecule has 4 heteroatoms. The van der Waals surface area contributed by atoms with Crippen LogP contribution in [0.5, 0.6) is 0 Å². The average molecular weight is 337 g/mol. The van der Waals surface area contributed by atoms with Crippen LogP contribution in [-0.2, 0) is 11.3 Å². The molecule has 2 fully saturated rings. The number of piperidine rings is 1. The predicted molar refractivity (Wildman–Crippen MR) is 99.7 cm³/mol. The van der Waals surface area contributed by atoms with Crippen LogP contribution in [0.2, 0.25) is 0 Å². The zero-order valence-corrected chi connectivity index (χ0v) is 15.8. The van der Waals surface area contributed by atoms with Gasteiger partial charge in [0, 0.05) is 31.1 Å². The van der Waals surface area contributed by atoms with Crippen LogP contribution in [0.1, 0.15) is 39.2 Å². The first-order chi connectivity index (χ1) is 11.3. The highest BCUT2D eigenvalue weighted by molar-refractivity contribution is 7.97. The molecule has 23 heavy (non-hydrogen) atoms. The average Bonchev–Trinajstić information content (AvgIpc) is 2.59. The van der Waals surface area contributed by atoms with E-state index in [4.69, 9.17) is 4.74 Å². The second kappa shape index (κ2) is 10.3. The molecule has 2 heterocycles. The number of likely N-dealkylation sites (tertiary alicyclic amines) is 1. The highest BCUT2D eigenvalue weighted by atomic mass is 32.2. The van der Waals surface area contributed by atoms with Gasteiger partial charge in [0.25, 0.3) is 0 Å². The summed E-state index contributed by atoms with van der Waals surface area (Å²) in [5.74, 6) is 0.845. The zero-order chi connectivity index (χ0) is 16.5. The molecule has 130 valence electrons. The fourth-order valence-corrected chi connectivity index (χ4v) is 4.17. The largest absolute Gasteiger partial charge is 0.379 e. The Hall–Kier alpha value is -0.550. The Kier molecular flexibility index (Phi) is 8.45. The molecular weight excluding hydrogens is 304 g/mol. The lowest BCUT2D eigenvalue weighted by molar-refractivity contribution is 0.0773. The molecule has 0 saturated carbocycles. The van der Waals surface area contributed by atoms with E-state index in [1.165, 1.54) is 36.4 Å². The second-order valence-corrected chi connectivity index (χ2v) is 7.36. The maximum atomic E-state index is 5.44. The first-order valence-corrected chi connectivity index (χ1v) is 9.89. The Labute approximate surface area is 146 Å². The van der Waals surface area contributed by atoms with Gasteiger partial charge in [-0.15, -0.1) is 0 Å². The van der Waals surface area contributed by atoms with Crippen molar-refractivity contribution >= 4 is 11.9 Å². The maximum Gasteiger partial charge on any atom is 0.0603 e. The minimum Gasteiger partial charge on any atom is -0.379 e. The van der Waals surface area contributed by atoms with E-state index in [0.29, 0.717) is 0 Å². The molecule has 0 aromatic heterocycles. The van der Waals surface area contributed by atoms with Crippen LogP contribution in [0.3, 0.4) is 0 Å². The summed E-state index contributed by atoms with van der Waals surface area (Å²) in [7, 11) is 0. The fraction of sp³-hybridized carbons (Fsp3) is 0.684. The highest BCUT2D eigenvalue weighted by Crippen LogP contribution is 2.28. The summed E-state index contributed by atoms with van der Waals surface area (Å²) < 4.78 is 7.87. The van der Waals surface area contributed by atoms with Gasteiger partial charge >= 0.3 is 0 Å². The summed E-state index contributed by atoms with van der Waals surface area (Å²) in [5.41, 5.74) is 1.48. The topological polar surface area (TPSA) is 15.7 Å². The Morgan fingerprint density at radius 3 is 2.61 bits per heavy atom. The van der Waals surface area contributed by atoms with E-state index in [1.54, 1.807) is 0 Å². The van der Waals surface area contributed by atoms with Crippen LogP contribution >= 0.6 is 11.9 Å². The van der Waals surface area contributed by atoms with Gasteiger partial charge < -0.3 is 4.74 Å². The van der Waals surface area contributed by atoms with Crippen molar-refractivity contribution in [3.63, 3.8) is 0 Å². The lowest BCUT2D eigenvalue weighted by atomic mass is 10.00. The van der Waals surface area contributed by atoms with E-state index >= 15 is 0 Å². The van der Waals surface area contributed by atoms with Crippen LogP contribution in [0.25, 0.3) is 0 Å². The third-order valence-electron chi connectivity index (χ3n) is 4.31. The molecule has 0 aliphatic carbocycles. The van der Waals surface area contributed by atoms with E-state index in [2.05, 4.69) is 40.4 Å². The van der Waals surface area contributed by atoms with Gasteiger partial charge in [0.15, 0.2) is 0 Å². The lowest BCUT2D eigenvalue weighted by Crippen LogP contribution is -2.34. The Morgan fingerprint density at radius 1 is 1.13 bits per heavy atom. The summed E-state index contributed by atoms with van der Waals surface area (Å²) >= 11 is 1.91. The molecule has 0 amide bonds. The molecule has 1 aromatic rings. The third-order valence-corrected chi connectivity index (χ3v) is 5.52. The first kappa shape index (κ1) is 18.8. The van der Waals surface area contributed by atoms with Gasteiger partial charge in [-0.2, -0.15) is 0 Å². The monoisotopic (exact) mass is 336 g/mol. The van der Waals surface area contributed by atoms with Crippen molar-refractivity contribution in [3.8, 4) is 0 Å².